The van der Waals surface area contributed by atoms with Gasteiger partial charge in [-0.1, -0.05) is 43.4 Å². The molecule has 246 valence electrons. The SMILES string of the molecule is CCC(=S)Cc1ccc(CC2CN(CCC(=O)O)CCN(CCC(=O)O)CCN(CCC(=O)O)CCN2CCC(=O)O)cc1. The van der Waals surface area contributed by atoms with Crippen molar-refractivity contribution in [1.82, 2.24) is 19.6 Å². The Morgan fingerprint density at radius 1 is 0.659 bits per heavy atom. The predicted molar refractivity (Wildman–Crippen MR) is 170 cm³/mol. The van der Waals surface area contributed by atoms with E-state index >= 15 is 0 Å². The van der Waals surface area contributed by atoms with E-state index in [1.54, 1.807) is 0 Å². The smallest absolute Gasteiger partial charge is 0.304 e. The average Bonchev–Trinajstić information content (AvgIpc) is 2.96. The Kier molecular flexibility index (Phi) is 17.0. The van der Waals surface area contributed by atoms with Crippen molar-refractivity contribution in [2.24, 2.45) is 0 Å². The first-order valence-corrected chi connectivity index (χ1v) is 15.7. The van der Waals surface area contributed by atoms with E-state index in [4.69, 9.17) is 12.2 Å². The minimum Gasteiger partial charge on any atom is -0.481 e. The molecule has 1 unspecified atom stereocenters. The fraction of sp³-hybridized carbons (Fsp3) is 0.645. The third-order valence-corrected chi connectivity index (χ3v) is 8.42. The summed E-state index contributed by atoms with van der Waals surface area (Å²) < 4.78 is 0. The van der Waals surface area contributed by atoms with Crippen LogP contribution in [0.4, 0.5) is 0 Å². The first kappa shape index (κ1) is 37.2. The molecule has 44 heavy (non-hydrogen) atoms. The summed E-state index contributed by atoms with van der Waals surface area (Å²) in [7, 11) is 0. The van der Waals surface area contributed by atoms with Crippen molar-refractivity contribution in [3.8, 4) is 0 Å². The summed E-state index contributed by atoms with van der Waals surface area (Å²) in [6, 6.07) is 8.11. The number of carbonyl (C=O) groups is 4. The Labute approximate surface area is 265 Å². The van der Waals surface area contributed by atoms with Gasteiger partial charge in [-0.2, -0.15) is 0 Å². The minimum absolute atomic E-state index is 0.0329. The molecule has 4 N–H and O–H groups in total. The van der Waals surface area contributed by atoms with Crippen LogP contribution in [-0.2, 0) is 32.0 Å². The van der Waals surface area contributed by atoms with Gasteiger partial charge >= 0.3 is 23.9 Å². The number of benzene rings is 1. The normalized spacial score (nSPS) is 18.2. The number of hydrogen-bond acceptors (Lipinski definition) is 9. The standard InChI is InChI=1S/C31H48N4O8S/c1-2-27(44)22-25-5-3-24(4-6-25)21-26-23-34(13-9-30(40)41)18-17-32(11-7-28(36)37)15-16-33(12-8-29(38)39)19-20-35(26)14-10-31(42)43/h3-6,26H,2,7-23H2,1H3,(H,36,37)(H,38,39)(H,40,41)(H,42,43). The van der Waals surface area contributed by atoms with E-state index in [1.165, 1.54) is 0 Å². The van der Waals surface area contributed by atoms with Crippen molar-refractivity contribution in [1.29, 1.82) is 0 Å². The zero-order valence-electron chi connectivity index (χ0n) is 25.7. The number of carboxylic acids is 4. The van der Waals surface area contributed by atoms with Crippen molar-refractivity contribution in [3.05, 3.63) is 35.4 Å². The molecule has 0 spiro atoms. The topological polar surface area (TPSA) is 162 Å². The van der Waals surface area contributed by atoms with Gasteiger partial charge in [0.15, 0.2) is 0 Å². The highest BCUT2D eigenvalue weighted by Gasteiger charge is 2.25. The van der Waals surface area contributed by atoms with Gasteiger partial charge in [-0.25, -0.2) is 0 Å². The third-order valence-electron chi connectivity index (χ3n) is 7.98. The number of rotatable bonds is 17. The number of nitrogens with zero attached hydrogens (tertiary/aromatic N) is 4. The molecule has 1 saturated heterocycles. The molecule has 0 radical (unpaired) electrons. The molecule has 1 atom stereocenters. The Balaban J connectivity index is 2.40. The Hall–Kier alpha value is -2.97. The summed E-state index contributed by atoms with van der Waals surface area (Å²) in [5, 5.41) is 37.6. The van der Waals surface area contributed by atoms with Crippen LogP contribution < -0.4 is 0 Å². The van der Waals surface area contributed by atoms with Gasteiger partial charge in [0.1, 0.15) is 0 Å². The fourth-order valence-electron chi connectivity index (χ4n) is 5.30. The molecule has 12 nitrogen and oxygen atoms in total. The third kappa shape index (κ3) is 15.7. The summed E-state index contributed by atoms with van der Waals surface area (Å²) in [6.07, 6.45) is 2.00. The van der Waals surface area contributed by atoms with Crippen molar-refractivity contribution in [3.63, 3.8) is 0 Å². The van der Waals surface area contributed by atoms with E-state index < -0.39 is 23.9 Å². The van der Waals surface area contributed by atoms with Gasteiger partial charge in [-0.3, -0.25) is 29.0 Å². The first-order valence-electron chi connectivity index (χ1n) is 15.3. The van der Waals surface area contributed by atoms with Crippen LogP contribution in [0, 0.1) is 0 Å². The molecular formula is C31H48N4O8S. The molecule has 0 aromatic heterocycles. The van der Waals surface area contributed by atoms with Gasteiger partial charge < -0.3 is 30.2 Å². The van der Waals surface area contributed by atoms with Crippen LogP contribution in [0.15, 0.2) is 24.3 Å². The largest absolute Gasteiger partial charge is 0.481 e. The van der Waals surface area contributed by atoms with Gasteiger partial charge in [-0.15, -0.1) is 0 Å². The van der Waals surface area contributed by atoms with Gasteiger partial charge in [0.05, 0.1) is 25.7 Å². The van der Waals surface area contributed by atoms with E-state index in [9.17, 15) is 39.6 Å². The molecule has 1 heterocycles. The lowest BCUT2D eigenvalue weighted by atomic mass is 10.00. The zero-order valence-corrected chi connectivity index (χ0v) is 26.6. The summed E-state index contributed by atoms with van der Waals surface area (Å²) >= 11 is 5.40. The molecule has 13 heteroatoms. The second kappa shape index (κ2) is 20.1. The Morgan fingerprint density at radius 3 is 1.55 bits per heavy atom. The van der Waals surface area contributed by atoms with E-state index in [0.29, 0.717) is 78.4 Å². The summed E-state index contributed by atoms with van der Waals surface area (Å²) in [5.41, 5.74) is 2.19. The molecular weight excluding hydrogens is 588 g/mol. The number of aliphatic carboxylic acids is 4. The average molecular weight is 637 g/mol. The van der Waals surface area contributed by atoms with E-state index in [2.05, 4.69) is 34.1 Å². The minimum atomic E-state index is -0.911. The lowest BCUT2D eigenvalue weighted by molar-refractivity contribution is -0.139. The maximum absolute atomic E-state index is 11.6. The maximum atomic E-state index is 11.6. The highest BCUT2D eigenvalue weighted by atomic mass is 32.1. The molecule has 0 bridgehead atoms. The highest BCUT2D eigenvalue weighted by molar-refractivity contribution is 7.80. The van der Waals surface area contributed by atoms with Crippen molar-refractivity contribution < 1.29 is 39.6 Å². The molecule has 1 fully saturated rings. The van der Waals surface area contributed by atoms with Gasteiger partial charge in [0, 0.05) is 84.5 Å². The van der Waals surface area contributed by atoms with Crippen molar-refractivity contribution >= 4 is 41.0 Å². The summed E-state index contributed by atoms with van der Waals surface area (Å²) in [6.45, 7) is 6.91. The maximum Gasteiger partial charge on any atom is 0.304 e. The van der Waals surface area contributed by atoms with E-state index in [0.717, 1.165) is 28.8 Å². The second-order valence-corrected chi connectivity index (χ2v) is 11.9. The highest BCUT2D eigenvalue weighted by Crippen LogP contribution is 2.16. The van der Waals surface area contributed by atoms with Crippen LogP contribution in [0.2, 0.25) is 0 Å². The monoisotopic (exact) mass is 636 g/mol. The number of thiocarbonyl (C=S) groups is 1. The van der Waals surface area contributed by atoms with Crippen LogP contribution in [0.1, 0.15) is 50.2 Å². The molecule has 0 amide bonds. The summed E-state index contributed by atoms with van der Waals surface area (Å²) in [4.78, 5) is 55.1. The number of hydrogen-bond donors (Lipinski definition) is 4. The second-order valence-electron chi connectivity index (χ2n) is 11.3. The van der Waals surface area contributed by atoms with Gasteiger partial charge in [0.2, 0.25) is 0 Å². The van der Waals surface area contributed by atoms with E-state index in [1.807, 2.05) is 16.7 Å². The van der Waals surface area contributed by atoms with Crippen LogP contribution in [0.5, 0.6) is 0 Å². The molecule has 2 rings (SSSR count). The van der Waals surface area contributed by atoms with Crippen molar-refractivity contribution in [2.45, 2.75) is 57.9 Å². The Morgan fingerprint density at radius 2 is 1.07 bits per heavy atom. The van der Waals surface area contributed by atoms with Crippen molar-refractivity contribution in [2.75, 3.05) is 72.0 Å². The fourth-order valence-corrected chi connectivity index (χ4v) is 5.47. The van der Waals surface area contributed by atoms with Crippen LogP contribution in [0.25, 0.3) is 0 Å². The lowest BCUT2D eigenvalue weighted by Gasteiger charge is -2.39. The molecule has 0 saturated carbocycles. The van der Waals surface area contributed by atoms with Gasteiger partial charge in [-0.05, 0) is 28.8 Å². The molecule has 1 aromatic carbocycles. The Bertz CT molecular complexity index is 1090. The van der Waals surface area contributed by atoms with Crippen LogP contribution in [-0.4, -0.2) is 147 Å². The summed E-state index contributed by atoms with van der Waals surface area (Å²) in [5.74, 6) is -3.63. The first-order chi connectivity index (χ1) is 20.9. The van der Waals surface area contributed by atoms with Gasteiger partial charge in [0.25, 0.3) is 0 Å². The molecule has 1 aliphatic rings. The zero-order chi connectivity index (χ0) is 32.5. The molecule has 0 aliphatic carbocycles. The van der Waals surface area contributed by atoms with E-state index in [-0.39, 0.29) is 31.7 Å². The number of carboxylic acid groups (broad SMARTS) is 4. The quantitative estimate of drug-likeness (QED) is 0.184. The molecule has 1 aromatic rings. The predicted octanol–water partition coefficient (Wildman–Crippen LogP) is 2.04. The molecule has 1 aliphatic heterocycles. The lowest BCUT2D eigenvalue weighted by Crippen LogP contribution is -2.52. The van der Waals surface area contributed by atoms with Crippen LogP contribution in [0.3, 0.4) is 0 Å². The van der Waals surface area contributed by atoms with Crippen LogP contribution >= 0.6 is 12.2 Å².